The van der Waals surface area contributed by atoms with Crippen molar-refractivity contribution in [3.63, 3.8) is 0 Å². The molecule has 0 aliphatic heterocycles. The summed E-state index contributed by atoms with van der Waals surface area (Å²) in [6.07, 6.45) is 0.924. The van der Waals surface area contributed by atoms with Crippen LogP contribution in [0.25, 0.3) is 0 Å². The third-order valence-electron chi connectivity index (χ3n) is 1.92. The summed E-state index contributed by atoms with van der Waals surface area (Å²) in [6, 6.07) is 0. The molecule has 0 radical (unpaired) electrons. The molecule has 1 heterocycles. The van der Waals surface area contributed by atoms with Crippen molar-refractivity contribution in [3.05, 3.63) is 5.82 Å². The molecule has 0 saturated heterocycles. The van der Waals surface area contributed by atoms with Crippen LogP contribution in [0.1, 0.15) is 5.82 Å². The Labute approximate surface area is 107 Å². The van der Waals surface area contributed by atoms with Crippen LogP contribution in [-0.4, -0.2) is 72.5 Å². The maximum atomic E-state index is 9.22. The van der Waals surface area contributed by atoms with E-state index in [0.29, 0.717) is 0 Å². The van der Waals surface area contributed by atoms with E-state index >= 15 is 0 Å². The summed E-state index contributed by atoms with van der Waals surface area (Å²) < 4.78 is 33.7. The van der Waals surface area contributed by atoms with Gasteiger partial charge in [0.25, 0.3) is 0 Å². The normalized spacial score (nSPS) is 11.9. The fourth-order valence-corrected chi connectivity index (χ4v) is 0.895. The Morgan fingerprint density at radius 2 is 1.89 bits per heavy atom. The Morgan fingerprint density at radius 1 is 1.39 bits per heavy atom. The van der Waals surface area contributed by atoms with Gasteiger partial charge < -0.3 is 9.04 Å². The first-order valence-electron chi connectivity index (χ1n) is 5.08. The lowest BCUT2D eigenvalue weighted by atomic mass is 10.3. The Hall–Kier alpha value is -1.10. The maximum absolute atomic E-state index is 9.22. The van der Waals surface area contributed by atoms with Gasteiger partial charge in [0.05, 0.1) is 41.2 Å². The number of aromatic nitrogens is 4. The Balaban J connectivity index is 0.000000411. The minimum Gasteiger partial charge on any atom is -0.726 e. The molecule has 0 saturated carbocycles. The van der Waals surface area contributed by atoms with Crippen LogP contribution in [0.4, 0.5) is 0 Å². The van der Waals surface area contributed by atoms with E-state index in [-0.39, 0.29) is 0 Å². The van der Waals surface area contributed by atoms with Crippen LogP contribution in [0.3, 0.4) is 0 Å². The molecular weight excluding hydrogens is 262 g/mol. The second-order valence-electron chi connectivity index (χ2n) is 4.56. The maximum Gasteiger partial charge on any atom is 0.217 e. The predicted octanol–water partition coefficient (Wildman–Crippen LogP) is -1.45. The first-order valence-corrected chi connectivity index (χ1v) is 6.41. The van der Waals surface area contributed by atoms with E-state index in [4.69, 9.17) is 0 Å². The molecule has 0 bridgehead atoms. The molecule has 0 spiro atoms. The Bertz CT molecular complexity index is 450. The highest BCUT2D eigenvalue weighted by Crippen LogP contribution is 1.96. The second-order valence-corrected chi connectivity index (χ2v) is 5.71. The summed E-state index contributed by atoms with van der Waals surface area (Å²) in [6.45, 7) is 1.05. The number of hydrogen-bond donors (Lipinski definition) is 0. The van der Waals surface area contributed by atoms with E-state index in [2.05, 4.69) is 40.9 Å². The quantitative estimate of drug-likeness (QED) is 0.377. The average molecular weight is 281 g/mol. The van der Waals surface area contributed by atoms with Crippen molar-refractivity contribution in [2.75, 3.05) is 34.8 Å². The molecule has 0 aliphatic carbocycles. The van der Waals surface area contributed by atoms with Gasteiger partial charge >= 0.3 is 0 Å². The zero-order valence-electron chi connectivity index (χ0n) is 11.2. The van der Waals surface area contributed by atoms with Crippen LogP contribution in [0.2, 0.25) is 0 Å². The van der Waals surface area contributed by atoms with Gasteiger partial charge in [0, 0.05) is 7.05 Å². The van der Waals surface area contributed by atoms with Crippen LogP contribution in [0.15, 0.2) is 0 Å². The van der Waals surface area contributed by atoms with E-state index in [9.17, 15) is 13.0 Å². The topological polar surface area (TPSA) is 110 Å². The van der Waals surface area contributed by atoms with E-state index in [1.165, 1.54) is 0 Å². The Kier molecular flexibility index (Phi) is 6.32. The number of aryl methyl sites for hydroxylation is 1. The Morgan fingerprint density at radius 3 is 2.17 bits per heavy atom. The van der Waals surface area contributed by atoms with Crippen molar-refractivity contribution in [2.45, 2.75) is 6.42 Å². The van der Waals surface area contributed by atoms with Gasteiger partial charge in [-0.2, -0.15) is 0 Å². The number of rotatable bonds is 4. The third kappa shape index (κ3) is 8.98. The zero-order chi connectivity index (χ0) is 14.4. The fourth-order valence-electron chi connectivity index (χ4n) is 0.895. The summed E-state index contributed by atoms with van der Waals surface area (Å²) in [5.41, 5.74) is 0. The lowest BCUT2D eigenvalue weighted by Crippen LogP contribution is -2.36. The molecule has 0 aromatic carbocycles. The molecule has 1 aromatic heterocycles. The molecule has 9 nitrogen and oxygen atoms in total. The predicted molar refractivity (Wildman–Crippen MR) is 62.1 cm³/mol. The van der Waals surface area contributed by atoms with Gasteiger partial charge in [-0.1, -0.05) is 0 Å². The summed E-state index contributed by atoms with van der Waals surface area (Å²) >= 11 is 0. The van der Waals surface area contributed by atoms with E-state index in [1.807, 2.05) is 7.05 Å². The monoisotopic (exact) mass is 281 g/mol. The average Bonchev–Trinajstić information content (AvgIpc) is 2.60. The minimum atomic E-state index is -4.41. The highest BCUT2D eigenvalue weighted by atomic mass is 32.3. The van der Waals surface area contributed by atoms with E-state index < -0.39 is 10.4 Å². The molecule has 106 valence electrons. The number of tetrazole rings is 1. The van der Waals surface area contributed by atoms with Gasteiger partial charge in [-0.25, -0.2) is 13.1 Å². The van der Waals surface area contributed by atoms with Gasteiger partial charge in [0.2, 0.25) is 10.4 Å². The lowest BCUT2D eigenvalue weighted by Gasteiger charge is -2.23. The van der Waals surface area contributed by atoms with Crippen LogP contribution in [0.5, 0.6) is 0 Å². The fraction of sp³-hybridized carbons (Fsp3) is 0.875. The van der Waals surface area contributed by atoms with E-state index in [0.717, 1.165) is 30.4 Å². The molecule has 0 atom stereocenters. The van der Waals surface area contributed by atoms with Crippen LogP contribution in [-0.2, 0) is 28.1 Å². The van der Waals surface area contributed by atoms with Crippen molar-refractivity contribution in [1.29, 1.82) is 0 Å². The second kappa shape index (κ2) is 6.73. The van der Waals surface area contributed by atoms with Crippen molar-refractivity contribution >= 4 is 10.4 Å². The number of quaternary nitrogens is 1. The molecular formula is C8H19N5O4S. The van der Waals surface area contributed by atoms with Crippen LogP contribution < -0.4 is 0 Å². The van der Waals surface area contributed by atoms with Gasteiger partial charge in [0.1, 0.15) is 0 Å². The first-order chi connectivity index (χ1) is 8.05. The molecule has 1 aromatic rings. The zero-order valence-corrected chi connectivity index (χ0v) is 12.0. The van der Waals surface area contributed by atoms with E-state index in [1.54, 1.807) is 4.68 Å². The van der Waals surface area contributed by atoms with Gasteiger partial charge in [-0.05, 0) is 10.4 Å². The first kappa shape index (κ1) is 16.9. The smallest absolute Gasteiger partial charge is 0.217 e. The lowest BCUT2D eigenvalue weighted by molar-refractivity contribution is -0.870. The van der Waals surface area contributed by atoms with Gasteiger partial charge in [-0.15, -0.1) is 5.10 Å². The van der Waals surface area contributed by atoms with Crippen molar-refractivity contribution in [2.24, 2.45) is 7.05 Å². The molecule has 1 rings (SSSR count). The molecule has 0 unspecified atom stereocenters. The highest BCUT2D eigenvalue weighted by molar-refractivity contribution is 7.80. The molecule has 18 heavy (non-hydrogen) atoms. The SMILES string of the molecule is COS(=O)(=O)[O-].Cn1nnnc1CC[N+](C)(C)C. The number of nitrogens with zero attached hydrogens (tertiary/aromatic N) is 5. The standard InChI is InChI=1S/C7H16N5.CH4O4S/c1-11-7(8-9-10-11)5-6-12(2,3)4;1-5-6(2,3)4/h5-6H2,1-4H3;1H3,(H,2,3,4)/q+1;/p-1. The molecule has 10 heteroatoms. The molecule has 0 amide bonds. The van der Waals surface area contributed by atoms with Crippen LogP contribution >= 0.6 is 0 Å². The van der Waals surface area contributed by atoms with Crippen molar-refractivity contribution < 1.29 is 21.6 Å². The number of hydrogen-bond acceptors (Lipinski definition) is 7. The molecule has 0 aliphatic rings. The van der Waals surface area contributed by atoms with Crippen molar-refractivity contribution in [3.8, 4) is 0 Å². The highest BCUT2D eigenvalue weighted by Gasteiger charge is 2.10. The summed E-state index contributed by atoms with van der Waals surface area (Å²) in [5, 5.41) is 11.3. The largest absolute Gasteiger partial charge is 0.726 e. The molecule has 0 N–H and O–H groups in total. The van der Waals surface area contributed by atoms with Gasteiger partial charge in [-0.3, -0.25) is 4.18 Å². The van der Waals surface area contributed by atoms with Crippen molar-refractivity contribution in [1.82, 2.24) is 20.2 Å². The minimum absolute atomic E-state index is 0.808. The van der Waals surface area contributed by atoms with Gasteiger partial charge in [0.15, 0.2) is 5.82 Å². The summed E-state index contributed by atoms with van der Waals surface area (Å²) in [4.78, 5) is 0. The number of likely N-dealkylation sites (N-methyl/N-ethyl adjacent to an activating group) is 1. The van der Waals surface area contributed by atoms with Crippen LogP contribution in [0, 0.1) is 0 Å². The summed E-state index contributed by atoms with van der Waals surface area (Å²) in [5.74, 6) is 0.947. The summed E-state index contributed by atoms with van der Waals surface area (Å²) in [7, 11) is 4.73. The molecule has 0 fully saturated rings. The third-order valence-corrected chi connectivity index (χ3v) is 2.33.